The summed E-state index contributed by atoms with van der Waals surface area (Å²) in [6.07, 6.45) is 0. The summed E-state index contributed by atoms with van der Waals surface area (Å²) in [6.45, 7) is 3.00. The van der Waals surface area contributed by atoms with Crippen LogP contribution >= 0.6 is 0 Å². The van der Waals surface area contributed by atoms with Crippen LogP contribution in [0.2, 0.25) is 0 Å². The summed E-state index contributed by atoms with van der Waals surface area (Å²) in [5, 5.41) is 5.71. The highest BCUT2D eigenvalue weighted by Gasteiger charge is 2.23. The minimum Gasteiger partial charge on any atom is -0.323 e. The van der Waals surface area contributed by atoms with E-state index >= 15 is 0 Å². The van der Waals surface area contributed by atoms with Crippen LogP contribution in [-0.4, -0.2) is 11.8 Å². The van der Waals surface area contributed by atoms with Gasteiger partial charge in [-0.1, -0.05) is 24.3 Å². The van der Waals surface area contributed by atoms with Gasteiger partial charge in [-0.05, 0) is 24.3 Å². The number of anilines is 2. The van der Waals surface area contributed by atoms with Gasteiger partial charge in [0.1, 0.15) is 0 Å². The van der Waals surface area contributed by atoms with Crippen LogP contribution in [0.15, 0.2) is 48.5 Å². The standard InChI is InChI=1S/C16H15IN2O2/c1-11(20)18-15-9-5-3-7-13(15)17-14-8-4-6-10-16(14)19-12(2)21/h3-10H,1-2H3,(H-,18,19,20,21)/p+1. The monoisotopic (exact) mass is 395 g/mol. The zero-order valence-corrected chi connectivity index (χ0v) is 14.0. The van der Waals surface area contributed by atoms with Crippen LogP contribution in [0.4, 0.5) is 11.4 Å². The Kier molecular flexibility index (Phi) is 5.32. The lowest BCUT2D eigenvalue weighted by Crippen LogP contribution is -3.61. The lowest BCUT2D eigenvalue weighted by Gasteiger charge is -2.03. The number of halogens is 1. The van der Waals surface area contributed by atoms with E-state index in [1.54, 1.807) is 0 Å². The Balaban J connectivity index is 2.30. The van der Waals surface area contributed by atoms with Gasteiger partial charge in [0.15, 0.2) is 0 Å². The first-order valence-corrected chi connectivity index (χ1v) is 8.60. The van der Waals surface area contributed by atoms with Gasteiger partial charge in [0.25, 0.3) is 0 Å². The van der Waals surface area contributed by atoms with Crippen LogP contribution in [0.25, 0.3) is 0 Å². The summed E-state index contributed by atoms with van der Waals surface area (Å²) >= 11 is -0.508. The third kappa shape index (κ3) is 4.56. The van der Waals surface area contributed by atoms with Crippen molar-refractivity contribution in [2.45, 2.75) is 13.8 Å². The number of nitrogens with one attached hydrogen (secondary N) is 2. The molecule has 0 spiro atoms. The zero-order chi connectivity index (χ0) is 15.2. The highest BCUT2D eigenvalue weighted by molar-refractivity contribution is 5.89. The molecule has 0 aliphatic carbocycles. The van der Waals surface area contributed by atoms with Crippen molar-refractivity contribution in [1.29, 1.82) is 0 Å². The fourth-order valence-corrected chi connectivity index (χ4v) is 4.39. The topological polar surface area (TPSA) is 58.2 Å². The summed E-state index contributed by atoms with van der Waals surface area (Å²) in [4.78, 5) is 22.5. The molecular weight excluding hydrogens is 379 g/mol. The fraction of sp³-hybridized carbons (Fsp3) is 0.125. The molecule has 0 saturated carbocycles. The minimum atomic E-state index is -0.508. The molecule has 2 rings (SSSR count). The number of carbonyl (C=O) groups excluding carboxylic acids is 2. The molecule has 4 nitrogen and oxygen atoms in total. The number of benzene rings is 2. The second-order valence-corrected chi connectivity index (χ2v) is 7.28. The van der Waals surface area contributed by atoms with Crippen LogP contribution < -0.4 is 31.8 Å². The predicted molar refractivity (Wildman–Crippen MR) is 78.9 cm³/mol. The van der Waals surface area contributed by atoms with Crippen molar-refractivity contribution in [3.8, 4) is 0 Å². The molecule has 0 fully saturated rings. The Morgan fingerprint density at radius 3 is 1.52 bits per heavy atom. The van der Waals surface area contributed by atoms with E-state index in [-0.39, 0.29) is 11.8 Å². The Morgan fingerprint density at radius 1 is 0.762 bits per heavy atom. The first-order chi connectivity index (χ1) is 10.1. The number of para-hydroxylation sites is 2. The van der Waals surface area contributed by atoms with Gasteiger partial charge in [0.05, 0.1) is 11.4 Å². The molecule has 0 aromatic heterocycles. The molecule has 0 heterocycles. The van der Waals surface area contributed by atoms with Crippen LogP contribution in [0.5, 0.6) is 0 Å². The maximum absolute atomic E-state index is 11.3. The number of hydrogen-bond donors (Lipinski definition) is 2. The van der Waals surface area contributed by atoms with E-state index in [0.29, 0.717) is 0 Å². The highest BCUT2D eigenvalue weighted by atomic mass is 127. The summed E-state index contributed by atoms with van der Waals surface area (Å²) in [5.74, 6) is -0.164. The van der Waals surface area contributed by atoms with Crippen molar-refractivity contribution in [2.24, 2.45) is 0 Å². The van der Waals surface area contributed by atoms with Gasteiger partial charge in [0, 0.05) is 13.8 Å². The average Bonchev–Trinajstić information content (AvgIpc) is 2.42. The maximum Gasteiger partial charge on any atom is 0.362 e. The van der Waals surface area contributed by atoms with E-state index in [0.717, 1.165) is 18.5 Å². The number of hydrogen-bond acceptors (Lipinski definition) is 2. The van der Waals surface area contributed by atoms with Crippen molar-refractivity contribution in [1.82, 2.24) is 0 Å². The largest absolute Gasteiger partial charge is 0.362 e. The molecule has 0 atom stereocenters. The van der Waals surface area contributed by atoms with E-state index in [1.165, 1.54) is 13.8 Å². The van der Waals surface area contributed by atoms with E-state index < -0.39 is 21.2 Å². The molecule has 0 bridgehead atoms. The molecule has 108 valence electrons. The average molecular weight is 395 g/mol. The molecule has 21 heavy (non-hydrogen) atoms. The summed E-state index contributed by atoms with van der Waals surface area (Å²) < 4.78 is 2.23. The third-order valence-corrected chi connectivity index (χ3v) is 5.62. The Morgan fingerprint density at radius 2 is 1.14 bits per heavy atom. The highest BCUT2D eigenvalue weighted by Crippen LogP contribution is 2.08. The van der Waals surface area contributed by atoms with Gasteiger partial charge in [-0.15, -0.1) is 0 Å². The maximum atomic E-state index is 11.3. The normalized spacial score (nSPS) is 10.0. The van der Waals surface area contributed by atoms with Crippen molar-refractivity contribution in [2.75, 3.05) is 10.6 Å². The number of rotatable bonds is 4. The first-order valence-electron chi connectivity index (χ1n) is 6.44. The zero-order valence-electron chi connectivity index (χ0n) is 11.8. The number of amides is 2. The van der Waals surface area contributed by atoms with Crippen LogP contribution in [0.3, 0.4) is 0 Å². The van der Waals surface area contributed by atoms with E-state index in [2.05, 4.69) is 10.6 Å². The molecular formula is C16H16IN2O2+. The van der Waals surface area contributed by atoms with Crippen LogP contribution in [0.1, 0.15) is 13.8 Å². The van der Waals surface area contributed by atoms with Crippen molar-refractivity contribution in [3.63, 3.8) is 0 Å². The molecule has 5 heteroatoms. The van der Waals surface area contributed by atoms with Gasteiger partial charge >= 0.3 is 21.2 Å². The number of carbonyl (C=O) groups is 2. The molecule has 0 unspecified atom stereocenters. The second-order valence-electron chi connectivity index (χ2n) is 4.42. The van der Waals surface area contributed by atoms with Crippen LogP contribution in [-0.2, 0) is 9.59 Å². The molecule has 2 amide bonds. The second kappa shape index (κ2) is 7.21. The van der Waals surface area contributed by atoms with E-state index in [9.17, 15) is 9.59 Å². The van der Waals surface area contributed by atoms with E-state index in [1.807, 2.05) is 48.5 Å². The van der Waals surface area contributed by atoms with Gasteiger partial charge in [-0.2, -0.15) is 0 Å². The van der Waals surface area contributed by atoms with Crippen molar-refractivity contribution < 1.29 is 30.8 Å². The molecule has 0 saturated heterocycles. The lowest BCUT2D eigenvalue weighted by molar-refractivity contribution is -0.594. The quantitative estimate of drug-likeness (QED) is 0.701. The molecule has 2 N–H and O–H groups in total. The molecule has 2 aromatic carbocycles. The van der Waals surface area contributed by atoms with Crippen LogP contribution in [0, 0.1) is 7.14 Å². The van der Waals surface area contributed by atoms with Gasteiger partial charge in [-0.3, -0.25) is 9.59 Å². The summed E-state index contributed by atoms with van der Waals surface area (Å²) in [5.41, 5.74) is 1.69. The molecule has 0 radical (unpaired) electrons. The lowest BCUT2D eigenvalue weighted by atomic mass is 10.3. The van der Waals surface area contributed by atoms with Crippen molar-refractivity contribution in [3.05, 3.63) is 55.7 Å². The molecule has 2 aromatic rings. The Labute approximate surface area is 134 Å². The first kappa shape index (κ1) is 15.5. The Bertz CT molecular complexity index is 613. The van der Waals surface area contributed by atoms with Crippen molar-refractivity contribution >= 4 is 23.2 Å². The fourth-order valence-electron chi connectivity index (χ4n) is 1.78. The van der Waals surface area contributed by atoms with E-state index in [4.69, 9.17) is 0 Å². The third-order valence-electron chi connectivity index (χ3n) is 2.57. The van der Waals surface area contributed by atoms with Gasteiger partial charge in [0.2, 0.25) is 19.0 Å². The predicted octanol–water partition coefficient (Wildman–Crippen LogP) is -0.268. The molecule has 0 aliphatic rings. The Hall–Kier alpha value is -1.89. The minimum absolute atomic E-state index is 0.0818. The summed E-state index contributed by atoms with van der Waals surface area (Å²) in [6, 6.07) is 15.6. The molecule has 0 aliphatic heterocycles. The summed E-state index contributed by atoms with van der Waals surface area (Å²) in [7, 11) is 0. The van der Waals surface area contributed by atoms with Gasteiger partial charge < -0.3 is 10.6 Å². The SMILES string of the molecule is CC(=O)Nc1ccccc1[I+]c1ccccc1NC(C)=O. The smallest absolute Gasteiger partial charge is 0.323 e. The van der Waals surface area contributed by atoms with Gasteiger partial charge in [-0.25, -0.2) is 0 Å².